The Morgan fingerprint density at radius 2 is 1.55 bits per heavy atom. The molecular formula is C21H11ClF3NO2S. The molecule has 0 aliphatic heterocycles. The van der Waals surface area contributed by atoms with E-state index >= 15 is 0 Å². The van der Waals surface area contributed by atoms with Crippen molar-refractivity contribution in [1.29, 1.82) is 0 Å². The molecule has 29 heavy (non-hydrogen) atoms. The van der Waals surface area contributed by atoms with Gasteiger partial charge in [-0.1, -0.05) is 29.8 Å². The maximum atomic E-state index is 13.7. The second-order valence-electron chi connectivity index (χ2n) is 6.25. The second kappa shape index (κ2) is 7.17. The summed E-state index contributed by atoms with van der Waals surface area (Å²) in [6, 6.07) is 12.4. The highest BCUT2D eigenvalue weighted by Gasteiger charge is 2.25. The molecule has 0 amide bonds. The Kier molecular flexibility index (Phi) is 4.80. The molecular weight excluding hydrogens is 423 g/mol. The molecule has 8 heteroatoms. The standard InChI is InChI=1S/C21H11ClF3NO2S/c22-13-3-7-16-19(9-13)26-11-20(21(16)12-1-4-14(23)5-2-12)29(27,28)15-6-8-17(24)18(25)10-15/h1-11H. The Bertz CT molecular complexity index is 1360. The SMILES string of the molecule is O=S(=O)(c1ccc(F)c(F)c1)c1cnc2cc(Cl)ccc2c1-c1ccc(F)cc1. The summed E-state index contributed by atoms with van der Waals surface area (Å²) < 4.78 is 66.9. The van der Waals surface area contributed by atoms with E-state index in [-0.39, 0.29) is 10.5 Å². The Balaban J connectivity index is 2.06. The molecule has 0 N–H and O–H groups in total. The average Bonchev–Trinajstić information content (AvgIpc) is 2.69. The molecule has 0 spiro atoms. The molecule has 0 saturated heterocycles. The summed E-state index contributed by atoms with van der Waals surface area (Å²) >= 11 is 6.01. The number of fused-ring (bicyclic) bond motifs is 1. The molecule has 0 saturated carbocycles. The zero-order chi connectivity index (χ0) is 20.8. The van der Waals surface area contributed by atoms with Crippen LogP contribution in [0.2, 0.25) is 5.02 Å². The number of benzene rings is 3. The van der Waals surface area contributed by atoms with Crippen molar-refractivity contribution in [3.63, 3.8) is 0 Å². The third-order valence-electron chi connectivity index (χ3n) is 4.42. The molecule has 3 aromatic carbocycles. The van der Waals surface area contributed by atoms with Crippen LogP contribution in [0.1, 0.15) is 0 Å². The fourth-order valence-electron chi connectivity index (χ4n) is 3.04. The van der Waals surface area contributed by atoms with E-state index in [1.165, 1.54) is 24.3 Å². The Morgan fingerprint density at radius 1 is 0.828 bits per heavy atom. The molecule has 4 rings (SSSR count). The molecule has 3 nitrogen and oxygen atoms in total. The van der Waals surface area contributed by atoms with Gasteiger partial charge in [0.1, 0.15) is 5.82 Å². The van der Waals surface area contributed by atoms with E-state index in [0.717, 1.165) is 18.3 Å². The highest BCUT2D eigenvalue weighted by atomic mass is 35.5. The lowest BCUT2D eigenvalue weighted by Gasteiger charge is -2.14. The van der Waals surface area contributed by atoms with Gasteiger partial charge in [-0.25, -0.2) is 21.6 Å². The van der Waals surface area contributed by atoms with Gasteiger partial charge in [0.25, 0.3) is 0 Å². The molecule has 0 aliphatic carbocycles. The summed E-state index contributed by atoms with van der Waals surface area (Å²) in [5.41, 5.74) is 1.11. The first-order valence-electron chi connectivity index (χ1n) is 8.32. The molecule has 0 aliphatic rings. The van der Waals surface area contributed by atoms with Gasteiger partial charge in [0.15, 0.2) is 11.6 Å². The summed E-state index contributed by atoms with van der Waals surface area (Å²) in [6.45, 7) is 0. The average molecular weight is 434 g/mol. The normalized spacial score (nSPS) is 11.7. The van der Waals surface area contributed by atoms with Gasteiger partial charge in [0.2, 0.25) is 9.84 Å². The zero-order valence-corrected chi connectivity index (χ0v) is 16.1. The lowest BCUT2D eigenvalue weighted by Crippen LogP contribution is -2.06. The highest BCUT2D eigenvalue weighted by Crippen LogP contribution is 2.37. The van der Waals surface area contributed by atoms with E-state index in [1.807, 2.05) is 0 Å². The van der Waals surface area contributed by atoms with Crippen LogP contribution in [0.25, 0.3) is 22.0 Å². The molecule has 0 unspecified atom stereocenters. The van der Waals surface area contributed by atoms with Gasteiger partial charge in [0, 0.05) is 22.2 Å². The molecule has 1 heterocycles. The molecule has 4 aromatic rings. The molecule has 0 atom stereocenters. The first-order chi connectivity index (χ1) is 13.8. The fraction of sp³-hybridized carbons (Fsp3) is 0. The second-order valence-corrected chi connectivity index (χ2v) is 8.60. The van der Waals surface area contributed by atoms with Gasteiger partial charge in [-0.2, -0.15) is 0 Å². The van der Waals surface area contributed by atoms with Gasteiger partial charge in [-0.3, -0.25) is 4.98 Å². The number of hydrogen-bond donors (Lipinski definition) is 0. The van der Waals surface area contributed by atoms with Crippen LogP contribution in [0.3, 0.4) is 0 Å². The summed E-state index contributed by atoms with van der Waals surface area (Å²) in [5, 5.41) is 0.871. The van der Waals surface area contributed by atoms with Crippen LogP contribution in [0, 0.1) is 17.5 Å². The van der Waals surface area contributed by atoms with Gasteiger partial charge in [-0.05, 0) is 48.0 Å². The lowest BCUT2D eigenvalue weighted by atomic mass is 10.0. The summed E-state index contributed by atoms with van der Waals surface area (Å²) in [7, 11) is -4.26. The highest BCUT2D eigenvalue weighted by molar-refractivity contribution is 7.91. The predicted octanol–water partition coefficient (Wildman–Crippen LogP) is 5.81. The molecule has 0 bridgehead atoms. The number of hydrogen-bond acceptors (Lipinski definition) is 3. The van der Waals surface area contributed by atoms with Crippen LogP contribution in [0.15, 0.2) is 76.7 Å². The summed E-state index contributed by atoms with van der Waals surface area (Å²) in [4.78, 5) is 3.53. The zero-order valence-electron chi connectivity index (χ0n) is 14.5. The van der Waals surface area contributed by atoms with E-state index in [9.17, 15) is 21.6 Å². The van der Waals surface area contributed by atoms with Crippen molar-refractivity contribution in [2.24, 2.45) is 0 Å². The Morgan fingerprint density at radius 3 is 2.24 bits per heavy atom. The number of aromatic nitrogens is 1. The van der Waals surface area contributed by atoms with Crippen molar-refractivity contribution in [1.82, 2.24) is 4.98 Å². The van der Waals surface area contributed by atoms with Crippen LogP contribution >= 0.6 is 11.6 Å². The largest absolute Gasteiger partial charge is 0.255 e. The van der Waals surface area contributed by atoms with E-state index in [1.54, 1.807) is 18.2 Å². The minimum absolute atomic E-state index is 0.218. The number of rotatable bonds is 3. The topological polar surface area (TPSA) is 47.0 Å². The van der Waals surface area contributed by atoms with Crippen LogP contribution in [0.5, 0.6) is 0 Å². The molecule has 0 radical (unpaired) electrons. The Hall–Kier alpha value is -2.90. The quantitative estimate of drug-likeness (QED) is 0.383. The van der Waals surface area contributed by atoms with Crippen molar-refractivity contribution in [3.05, 3.63) is 89.3 Å². The first kappa shape index (κ1) is 19.4. The van der Waals surface area contributed by atoms with Crippen LogP contribution < -0.4 is 0 Å². The number of halogens is 4. The van der Waals surface area contributed by atoms with Crippen molar-refractivity contribution in [3.8, 4) is 11.1 Å². The van der Waals surface area contributed by atoms with Crippen molar-refractivity contribution >= 4 is 32.3 Å². The minimum Gasteiger partial charge on any atom is -0.255 e. The number of nitrogens with zero attached hydrogens (tertiary/aromatic N) is 1. The van der Waals surface area contributed by atoms with E-state index in [4.69, 9.17) is 11.6 Å². The van der Waals surface area contributed by atoms with Gasteiger partial charge in [0.05, 0.1) is 15.3 Å². The third kappa shape index (κ3) is 3.47. The van der Waals surface area contributed by atoms with Gasteiger partial charge >= 0.3 is 0 Å². The molecule has 1 aromatic heterocycles. The Labute approximate surface area is 169 Å². The number of pyridine rings is 1. The summed E-state index contributed by atoms with van der Waals surface area (Å²) in [5.74, 6) is -2.93. The van der Waals surface area contributed by atoms with Crippen LogP contribution in [-0.4, -0.2) is 13.4 Å². The maximum Gasteiger partial charge on any atom is 0.208 e. The van der Waals surface area contributed by atoms with Gasteiger partial charge in [-0.15, -0.1) is 0 Å². The van der Waals surface area contributed by atoms with Crippen LogP contribution in [-0.2, 0) is 9.84 Å². The van der Waals surface area contributed by atoms with E-state index in [2.05, 4.69) is 4.98 Å². The predicted molar refractivity (Wildman–Crippen MR) is 104 cm³/mol. The van der Waals surface area contributed by atoms with E-state index < -0.39 is 32.2 Å². The van der Waals surface area contributed by atoms with Crippen LogP contribution in [0.4, 0.5) is 13.2 Å². The van der Waals surface area contributed by atoms with Crippen molar-refractivity contribution in [2.75, 3.05) is 0 Å². The minimum atomic E-state index is -4.26. The fourth-order valence-corrected chi connectivity index (χ4v) is 4.65. The monoisotopic (exact) mass is 433 g/mol. The third-order valence-corrected chi connectivity index (χ3v) is 6.42. The van der Waals surface area contributed by atoms with Gasteiger partial charge < -0.3 is 0 Å². The lowest BCUT2D eigenvalue weighted by molar-refractivity contribution is 0.504. The molecule has 146 valence electrons. The van der Waals surface area contributed by atoms with E-state index in [0.29, 0.717) is 27.6 Å². The smallest absolute Gasteiger partial charge is 0.208 e. The maximum absolute atomic E-state index is 13.7. The number of sulfone groups is 1. The first-order valence-corrected chi connectivity index (χ1v) is 10.2. The molecule has 0 fully saturated rings. The van der Waals surface area contributed by atoms with Crippen molar-refractivity contribution < 1.29 is 21.6 Å². The summed E-state index contributed by atoms with van der Waals surface area (Å²) in [6.07, 6.45) is 1.13. The van der Waals surface area contributed by atoms with Crippen molar-refractivity contribution in [2.45, 2.75) is 9.79 Å².